The monoisotopic (exact) mass is 544 g/mol. The minimum atomic E-state index is -5.08. The van der Waals surface area contributed by atoms with Crippen LogP contribution < -0.4 is 9.62 Å². The number of nitrogens with zero attached hydrogens (tertiary/aromatic N) is 3. The molecule has 0 saturated carbocycles. The molecule has 1 aliphatic heterocycles. The molecule has 1 aromatic carbocycles. The predicted octanol–water partition coefficient (Wildman–Crippen LogP) is 4.95. The molecular weight excluding hydrogens is 509 g/mol. The summed E-state index contributed by atoms with van der Waals surface area (Å²) in [5.74, 6) is -1.71. The van der Waals surface area contributed by atoms with E-state index in [1.54, 1.807) is 30.5 Å². The average Bonchev–Trinajstić information content (AvgIpc) is 2.81. The van der Waals surface area contributed by atoms with Crippen LogP contribution in [0.4, 0.5) is 24.7 Å². The van der Waals surface area contributed by atoms with Crippen molar-refractivity contribution in [3.8, 4) is 0 Å². The first kappa shape index (κ1) is 30.4. The Bertz CT molecular complexity index is 1130. The summed E-state index contributed by atoms with van der Waals surface area (Å²) >= 11 is 0. The van der Waals surface area contributed by atoms with E-state index in [1.807, 2.05) is 12.1 Å². The number of halogens is 3. The maximum atomic E-state index is 13.0. The second-order valence-electron chi connectivity index (χ2n) is 9.35. The fourth-order valence-corrected chi connectivity index (χ4v) is 5.25. The van der Waals surface area contributed by atoms with E-state index >= 15 is 0 Å². The smallest absolute Gasteiger partial charge is 0.475 e. The number of aliphatic carboxylic acids is 1. The van der Waals surface area contributed by atoms with Gasteiger partial charge in [0, 0.05) is 31.4 Å². The lowest BCUT2D eigenvalue weighted by atomic mass is 10.0. The molecular formula is C25H35F3N4O4S. The number of anilines is 2. The number of rotatable bonds is 7. The number of alkyl halides is 3. The summed E-state index contributed by atoms with van der Waals surface area (Å²) in [5, 5.41) is 7.12. The Morgan fingerprint density at radius 1 is 1.14 bits per heavy atom. The number of nitrogens with one attached hydrogen (secondary N) is 1. The third-order valence-corrected chi connectivity index (χ3v) is 7.39. The van der Waals surface area contributed by atoms with E-state index < -0.39 is 22.2 Å². The van der Waals surface area contributed by atoms with Crippen LogP contribution >= 0.6 is 0 Å². The highest BCUT2D eigenvalue weighted by atomic mass is 32.2. The predicted molar refractivity (Wildman–Crippen MR) is 137 cm³/mol. The van der Waals surface area contributed by atoms with Gasteiger partial charge in [-0.15, -0.1) is 0 Å². The van der Waals surface area contributed by atoms with Crippen molar-refractivity contribution in [1.29, 1.82) is 0 Å². The molecule has 1 aromatic heterocycles. The molecule has 0 spiro atoms. The summed E-state index contributed by atoms with van der Waals surface area (Å²) in [4.78, 5) is 18.4. The van der Waals surface area contributed by atoms with E-state index in [1.165, 1.54) is 0 Å². The van der Waals surface area contributed by atoms with Crippen LogP contribution in [0.5, 0.6) is 0 Å². The molecule has 37 heavy (non-hydrogen) atoms. The van der Waals surface area contributed by atoms with E-state index in [4.69, 9.17) is 9.90 Å². The first-order chi connectivity index (χ1) is 17.2. The fourth-order valence-electron chi connectivity index (χ4n) is 4.19. The van der Waals surface area contributed by atoms with Gasteiger partial charge in [-0.05, 0) is 62.6 Å². The number of sulfonamides is 1. The SMILES string of the molecule is CCCN1C(C)CN(c2ncccc2NS(=O)(=O)c2ccc(C(C)C)cc2)CC1C.O=C(O)C(F)(F)F. The van der Waals surface area contributed by atoms with Crippen molar-refractivity contribution < 1.29 is 31.5 Å². The van der Waals surface area contributed by atoms with Crippen molar-refractivity contribution in [2.24, 2.45) is 0 Å². The van der Waals surface area contributed by atoms with E-state index in [-0.39, 0.29) is 4.90 Å². The van der Waals surface area contributed by atoms with Crippen molar-refractivity contribution in [2.75, 3.05) is 29.3 Å². The molecule has 0 amide bonds. The van der Waals surface area contributed by atoms with Crippen LogP contribution in [0, 0.1) is 0 Å². The standard InChI is InChI=1S/C23H34N4O2S.C2HF3O2/c1-6-14-27-18(4)15-26(16-19(27)5)23-22(8-7-13-24-23)25-30(28,29)21-11-9-20(10-12-21)17(2)3;3-2(4,5)1(6)7/h7-13,17-19,25H,6,14-16H2,1-5H3;(H,6,7). The number of hydrogen-bond donors (Lipinski definition) is 2. The first-order valence-electron chi connectivity index (χ1n) is 12.1. The molecule has 2 atom stereocenters. The lowest BCUT2D eigenvalue weighted by Crippen LogP contribution is -2.57. The van der Waals surface area contributed by atoms with Crippen LogP contribution in [0.25, 0.3) is 0 Å². The Labute approximate surface area is 216 Å². The number of carboxylic acid groups (broad SMARTS) is 1. The third kappa shape index (κ3) is 8.32. The highest BCUT2D eigenvalue weighted by Crippen LogP contribution is 2.29. The number of pyridine rings is 1. The maximum absolute atomic E-state index is 13.0. The number of carbonyl (C=O) groups is 1. The molecule has 0 aliphatic carbocycles. The van der Waals surface area contributed by atoms with Crippen molar-refractivity contribution >= 4 is 27.5 Å². The lowest BCUT2D eigenvalue weighted by molar-refractivity contribution is -0.192. The lowest BCUT2D eigenvalue weighted by Gasteiger charge is -2.45. The van der Waals surface area contributed by atoms with Gasteiger partial charge in [0.25, 0.3) is 10.0 Å². The van der Waals surface area contributed by atoms with E-state index in [2.05, 4.69) is 54.1 Å². The van der Waals surface area contributed by atoms with Crippen LogP contribution in [-0.4, -0.2) is 67.3 Å². The van der Waals surface area contributed by atoms with Crippen molar-refractivity contribution in [3.63, 3.8) is 0 Å². The number of benzene rings is 1. The van der Waals surface area contributed by atoms with Gasteiger partial charge in [0.15, 0.2) is 5.82 Å². The van der Waals surface area contributed by atoms with Gasteiger partial charge < -0.3 is 10.0 Å². The topological polar surface area (TPSA) is 103 Å². The quantitative estimate of drug-likeness (QED) is 0.509. The van der Waals surface area contributed by atoms with Gasteiger partial charge in [-0.25, -0.2) is 18.2 Å². The summed E-state index contributed by atoms with van der Waals surface area (Å²) < 4.78 is 60.5. The van der Waals surface area contributed by atoms with Crippen LogP contribution in [0.3, 0.4) is 0 Å². The summed E-state index contributed by atoms with van der Waals surface area (Å²) in [6, 6.07) is 11.4. The summed E-state index contributed by atoms with van der Waals surface area (Å²) in [6.45, 7) is 13.5. The molecule has 8 nitrogen and oxygen atoms in total. The Balaban J connectivity index is 0.000000604. The molecule has 1 aliphatic rings. The molecule has 2 N–H and O–H groups in total. The van der Waals surface area contributed by atoms with E-state index in [9.17, 15) is 21.6 Å². The fraction of sp³-hybridized carbons (Fsp3) is 0.520. The van der Waals surface area contributed by atoms with Crippen molar-refractivity contribution in [3.05, 3.63) is 48.2 Å². The average molecular weight is 545 g/mol. The first-order valence-corrected chi connectivity index (χ1v) is 13.5. The van der Waals surface area contributed by atoms with Gasteiger partial charge in [0.05, 0.1) is 10.6 Å². The summed E-state index contributed by atoms with van der Waals surface area (Å²) in [5.41, 5.74) is 1.64. The molecule has 2 unspecified atom stereocenters. The summed E-state index contributed by atoms with van der Waals surface area (Å²) in [6.07, 6.45) is -2.24. The molecule has 0 bridgehead atoms. The second-order valence-corrected chi connectivity index (χ2v) is 11.0. The molecule has 206 valence electrons. The van der Waals surface area contributed by atoms with E-state index in [0.29, 0.717) is 29.5 Å². The normalized spacial score (nSPS) is 18.8. The van der Waals surface area contributed by atoms with Gasteiger partial charge in [-0.1, -0.05) is 32.9 Å². The minimum absolute atomic E-state index is 0.260. The number of aromatic nitrogens is 1. The van der Waals surface area contributed by atoms with Crippen molar-refractivity contribution in [1.82, 2.24) is 9.88 Å². The highest BCUT2D eigenvalue weighted by molar-refractivity contribution is 7.92. The Morgan fingerprint density at radius 3 is 2.14 bits per heavy atom. The number of hydrogen-bond acceptors (Lipinski definition) is 6. The van der Waals surface area contributed by atoms with Crippen molar-refractivity contribution in [2.45, 2.75) is 70.1 Å². The highest BCUT2D eigenvalue weighted by Gasteiger charge is 2.38. The van der Waals surface area contributed by atoms with Crippen LogP contribution in [0.1, 0.15) is 52.5 Å². The van der Waals surface area contributed by atoms with Gasteiger partial charge in [-0.2, -0.15) is 13.2 Å². The van der Waals surface area contributed by atoms with Gasteiger partial charge in [0.2, 0.25) is 0 Å². The van der Waals surface area contributed by atoms with Gasteiger partial charge >= 0.3 is 12.1 Å². The molecule has 3 rings (SSSR count). The second kappa shape index (κ2) is 12.6. The largest absolute Gasteiger partial charge is 0.490 e. The summed E-state index contributed by atoms with van der Waals surface area (Å²) in [7, 11) is -3.69. The molecule has 12 heteroatoms. The van der Waals surface area contributed by atoms with E-state index in [0.717, 1.165) is 31.6 Å². The Kier molecular flexibility index (Phi) is 10.3. The zero-order valence-electron chi connectivity index (χ0n) is 21.7. The Hall–Kier alpha value is -2.86. The zero-order valence-corrected chi connectivity index (χ0v) is 22.5. The van der Waals surface area contributed by atoms with Crippen LogP contribution in [0.2, 0.25) is 0 Å². The number of carboxylic acids is 1. The molecule has 1 saturated heterocycles. The molecule has 1 fully saturated rings. The van der Waals surface area contributed by atoms with Gasteiger partial charge in [0.1, 0.15) is 0 Å². The maximum Gasteiger partial charge on any atom is 0.490 e. The zero-order chi connectivity index (χ0) is 28.0. The van der Waals surface area contributed by atoms with Crippen LogP contribution in [0.15, 0.2) is 47.5 Å². The molecule has 0 radical (unpaired) electrons. The van der Waals surface area contributed by atoms with Crippen LogP contribution in [-0.2, 0) is 14.8 Å². The molecule has 2 heterocycles. The third-order valence-electron chi connectivity index (χ3n) is 6.01. The minimum Gasteiger partial charge on any atom is -0.475 e. The molecule has 2 aromatic rings. The van der Waals surface area contributed by atoms with Gasteiger partial charge in [-0.3, -0.25) is 9.62 Å². The Morgan fingerprint density at radius 2 is 1.68 bits per heavy atom. The number of piperazine rings is 1.